The van der Waals surface area contributed by atoms with Crippen molar-refractivity contribution in [2.45, 2.75) is 11.8 Å². The lowest BCUT2D eigenvalue weighted by Gasteiger charge is -2.25. The van der Waals surface area contributed by atoms with E-state index in [1.807, 2.05) is 55.6 Å². The van der Waals surface area contributed by atoms with Gasteiger partial charge in [0.05, 0.1) is 6.04 Å². The molecule has 0 aliphatic heterocycles. The molecule has 0 fully saturated rings. The number of rotatable bonds is 7. The van der Waals surface area contributed by atoms with Crippen LogP contribution < -0.4 is 5.32 Å². The zero-order valence-corrected chi connectivity index (χ0v) is 15.1. The molecule has 0 spiro atoms. The highest BCUT2D eigenvalue weighted by molar-refractivity contribution is 7.97. The van der Waals surface area contributed by atoms with Crippen molar-refractivity contribution >= 4 is 17.7 Å². The molecule has 2 rings (SSSR count). The molecule has 0 saturated heterocycles. The molecule has 2 aromatic rings. The average molecular weight is 346 g/mol. The maximum absolute atomic E-state index is 13.5. The highest BCUT2D eigenvalue weighted by Crippen LogP contribution is 2.18. The number of halogens is 1. The second-order valence-corrected chi connectivity index (χ2v) is 6.74. The number of hydrogen-bond acceptors (Lipinski definition) is 3. The first kappa shape index (κ1) is 18.5. The smallest absolute Gasteiger partial charge is 0.251 e. The number of hydrogen-bond donors (Lipinski definition) is 1. The van der Waals surface area contributed by atoms with Crippen molar-refractivity contribution in [3.63, 3.8) is 0 Å². The van der Waals surface area contributed by atoms with Crippen LogP contribution in [0.2, 0.25) is 0 Å². The van der Waals surface area contributed by atoms with Crippen LogP contribution in [0.15, 0.2) is 48.5 Å². The molecular weight excluding hydrogens is 323 g/mol. The molecule has 2 aromatic carbocycles. The lowest BCUT2D eigenvalue weighted by atomic mass is 10.1. The van der Waals surface area contributed by atoms with Gasteiger partial charge < -0.3 is 10.2 Å². The minimum Gasteiger partial charge on any atom is -0.350 e. The Bertz CT molecular complexity index is 691. The van der Waals surface area contributed by atoms with E-state index < -0.39 is 0 Å². The Kier molecular flexibility index (Phi) is 6.82. The average Bonchev–Trinajstić information content (AvgIpc) is 2.55. The number of nitrogens with zero attached hydrogens (tertiary/aromatic N) is 1. The van der Waals surface area contributed by atoms with Gasteiger partial charge in [0.15, 0.2) is 0 Å². The fourth-order valence-electron chi connectivity index (χ4n) is 2.57. The molecule has 0 aromatic heterocycles. The lowest BCUT2D eigenvalue weighted by molar-refractivity contribution is 0.0942. The van der Waals surface area contributed by atoms with Gasteiger partial charge in [0, 0.05) is 17.9 Å². The molecule has 0 aliphatic rings. The summed E-state index contributed by atoms with van der Waals surface area (Å²) in [4.78, 5) is 14.4. The van der Waals surface area contributed by atoms with Crippen molar-refractivity contribution in [2.75, 3.05) is 26.9 Å². The second-order valence-electron chi connectivity index (χ2n) is 5.88. The van der Waals surface area contributed by atoms with E-state index in [1.54, 1.807) is 17.8 Å². The number of carbonyl (C=O) groups excluding carboxylic acids is 1. The number of nitrogens with one attached hydrogen (secondary N) is 1. The van der Waals surface area contributed by atoms with Gasteiger partial charge in [0.1, 0.15) is 5.82 Å². The topological polar surface area (TPSA) is 32.3 Å². The fourth-order valence-corrected chi connectivity index (χ4v) is 3.09. The number of amides is 1. The Morgan fingerprint density at radius 3 is 2.62 bits per heavy atom. The van der Waals surface area contributed by atoms with E-state index in [9.17, 15) is 9.18 Å². The number of likely N-dealkylation sites (N-methyl/N-ethyl adjacent to an activating group) is 1. The number of carbonyl (C=O) groups is 1. The van der Waals surface area contributed by atoms with Gasteiger partial charge >= 0.3 is 0 Å². The highest BCUT2D eigenvalue weighted by Gasteiger charge is 2.16. The van der Waals surface area contributed by atoms with Crippen molar-refractivity contribution in [2.24, 2.45) is 0 Å². The SMILES string of the molecule is CSCc1cccc(C(=O)NCC(c2cccc(F)c2)N(C)C)c1. The van der Waals surface area contributed by atoms with E-state index in [-0.39, 0.29) is 17.8 Å². The van der Waals surface area contributed by atoms with Gasteiger partial charge in [-0.3, -0.25) is 4.79 Å². The molecule has 1 atom stereocenters. The van der Waals surface area contributed by atoms with Crippen LogP contribution in [-0.2, 0) is 5.75 Å². The first-order valence-electron chi connectivity index (χ1n) is 7.79. The molecule has 0 radical (unpaired) electrons. The van der Waals surface area contributed by atoms with E-state index >= 15 is 0 Å². The summed E-state index contributed by atoms with van der Waals surface area (Å²) in [5.41, 5.74) is 2.62. The Morgan fingerprint density at radius 2 is 1.96 bits per heavy atom. The van der Waals surface area contributed by atoms with Crippen molar-refractivity contribution in [3.8, 4) is 0 Å². The van der Waals surface area contributed by atoms with Crippen LogP contribution in [0.5, 0.6) is 0 Å². The first-order chi connectivity index (χ1) is 11.5. The molecule has 0 heterocycles. The third-order valence-electron chi connectivity index (χ3n) is 3.81. The van der Waals surface area contributed by atoms with Crippen LogP contribution in [0.1, 0.15) is 27.5 Å². The zero-order chi connectivity index (χ0) is 17.5. The lowest BCUT2D eigenvalue weighted by Crippen LogP contribution is -2.34. The second kappa shape index (κ2) is 8.85. The van der Waals surface area contributed by atoms with Gasteiger partial charge in [0.25, 0.3) is 5.91 Å². The molecule has 24 heavy (non-hydrogen) atoms. The van der Waals surface area contributed by atoms with E-state index in [0.717, 1.165) is 16.9 Å². The van der Waals surface area contributed by atoms with Crippen molar-refractivity contribution in [1.82, 2.24) is 10.2 Å². The van der Waals surface area contributed by atoms with Crippen LogP contribution in [0.4, 0.5) is 4.39 Å². The first-order valence-corrected chi connectivity index (χ1v) is 9.18. The van der Waals surface area contributed by atoms with E-state index in [0.29, 0.717) is 12.1 Å². The third-order valence-corrected chi connectivity index (χ3v) is 4.43. The summed E-state index contributed by atoms with van der Waals surface area (Å²) in [5.74, 6) is 0.502. The summed E-state index contributed by atoms with van der Waals surface area (Å²) < 4.78 is 13.5. The maximum atomic E-state index is 13.5. The standard InChI is InChI=1S/C19H23FN2OS/c1-22(2)18(15-7-5-9-17(20)11-15)12-21-19(23)16-8-4-6-14(10-16)13-24-3/h4-11,18H,12-13H2,1-3H3,(H,21,23). The van der Waals surface area contributed by atoms with Crippen molar-refractivity contribution < 1.29 is 9.18 Å². The van der Waals surface area contributed by atoms with E-state index in [2.05, 4.69) is 5.32 Å². The number of benzene rings is 2. The molecule has 1 amide bonds. The summed E-state index contributed by atoms with van der Waals surface area (Å²) >= 11 is 1.72. The fraction of sp³-hybridized carbons (Fsp3) is 0.316. The van der Waals surface area contributed by atoms with Crippen molar-refractivity contribution in [1.29, 1.82) is 0 Å². The van der Waals surface area contributed by atoms with Crippen LogP contribution in [-0.4, -0.2) is 37.7 Å². The summed E-state index contributed by atoms with van der Waals surface area (Å²) in [7, 11) is 3.83. The monoisotopic (exact) mass is 346 g/mol. The zero-order valence-electron chi connectivity index (χ0n) is 14.3. The Balaban J connectivity index is 2.06. The summed E-state index contributed by atoms with van der Waals surface area (Å²) in [6.07, 6.45) is 2.04. The Morgan fingerprint density at radius 1 is 1.21 bits per heavy atom. The maximum Gasteiger partial charge on any atom is 0.251 e. The number of thioether (sulfide) groups is 1. The quantitative estimate of drug-likeness (QED) is 0.829. The minimum atomic E-state index is -0.268. The van der Waals surface area contributed by atoms with Crippen LogP contribution in [0.25, 0.3) is 0 Å². The van der Waals surface area contributed by atoms with Crippen LogP contribution in [0, 0.1) is 5.82 Å². The Labute approximate surface area is 147 Å². The molecule has 128 valence electrons. The van der Waals surface area contributed by atoms with Gasteiger partial charge in [-0.05, 0) is 55.7 Å². The summed E-state index contributed by atoms with van der Waals surface area (Å²) in [6, 6.07) is 14.1. The molecule has 1 N–H and O–H groups in total. The molecule has 5 heteroatoms. The summed E-state index contributed by atoms with van der Waals surface area (Å²) in [5, 5.41) is 2.96. The third kappa shape index (κ3) is 5.08. The predicted octanol–water partition coefficient (Wildman–Crippen LogP) is 3.72. The molecule has 0 bridgehead atoms. The van der Waals surface area contributed by atoms with Crippen LogP contribution >= 0.6 is 11.8 Å². The predicted molar refractivity (Wildman–Crippen MR) is 98.8 cm³/mol. The molecule has 0 aliphatic carbocycles. The normalized spacial score (nSPS) is 12.2. The minimum absolute atomic E-state index is 0.0842. The van der Waals surface area contributed by atoms with Gasteiger partial charge in [-0.1, -0.05) is 24.3 Å². The van der Waals surface area contributed by atoms with E-state index in [4.69, 9.17) is 0 Å². The summed E-state index contributed by atoms with van der Waals surface area (Å²) in [6.45, 7) is 0.419. The van der Waals surface area contributed by atoms with E-state index in [1.165, 1.54) is 12.1 Å². The van der Waals surface area contributed by atoms with Gasteiger partial charge in [0.2, 0.25) is 0 Å². The highest BCUT2D eigenvalue weighted by atomic mass is 32.2. The van der Waals surface area contributed by atoms with Gasteiger partial charge in [-0.15, -0.1) is 0 Å². The molecular formula is C19H23FN2OS. The van der Waals surface area contributed by atoms with Crippen molar-refractivity contribution in [3.05, 3.63) is 71.0 Å². The largest absolute Gasteiger partial charge is 0.350 e. The molecule has 1 unspecified atom stereocenters. The Hall–Kier alpha value is -1.85. The molecule has 3 nitrogen and oxygen atoms in total. The van der Waals surface area contributed by atoms with Crippen LogP contribution in [0.3, 0.4) is 0 Å². The van der Waals surface area contributed by atoms with Gasteiger partial charge in [-0.2, -0.15) is 11.8 Å². The molecule has 0 saturated carbocycles. The van der Waals surface area contributed by atoms with Gasteiger partial charge in [-0.25, -0.2) is 4.39 Å².